The van der Waals surface area contributed by atoms with E-state index >= 15 is 0 Å². The summed E-state index contributed by atoms with van der Waals surface area (Å²) in [4.78, 5) is 25.3. The molecule has 1 aromatic carbocycles. The van der Waals surface area contributed by atoms with Crippen LogP contribution in [0.15, 0.2) is 18.2 Å². The van der Waals surface area contributed by atoms with E-state index in [4.69, 9.17) is 0 Å². The Morgan fingerprint density at radius 2 is 1.64 bits per heavy atom. The van der Waals surface area contributed by atoms with Crippen molar-refractivity contribution in [2.75, 3.05) is 5.32 Å². The number of aryl methyl sites for hydroxylation is 2. The van der Waals surface area contributed by atoms with Gasteiger partial charge in [0, 0.05) is 11.6 Å². The lowest BCUT2D eigenvalue weighted by Gasteiger charge is -2.25. The quantitative estimate of drug-likeness (QED) is 0.806. The van der Waals surface area contributed by atoms with Gasteiger partial charge in [0.05, 0.1) is 0 Å². The number of amides is 2. The summed E-state index contributed by atoms with van der Waals surface area (Å²) in [6, 6.07) is 5.52. The number of anilines is 1. The number of hydrogen-bond donors (Lipinski definition) is 2. The van der Waals surface area contributed by atoms with E-state index in [1.807, 2.05) is 26.0 Å². The number of hydrogen-bond acceptors (Lipinski definition) is 2. The van der Waals surface area contributed by atoms with Crippen LogP contribution in [-0.2, 0) is 9.59 Å². The first kappa shape index (κ1) is 19.5. The van der Waals surface area contributed by atoms with Gasteiger partial charge in [-0.25, -0.2) is 0 Å². The molecule has 2 N–H and O–H groups in total. The summed E-state index contributed by atoms with van der Waals surface area (Å²) in [5.41, 5.74) is 3.02. The summed E-state index contributed by atoms with van der Waals surface area (Å²) in [5, 5.41) is 6.00. The summed E-state index contributed by atoms with van der Waals surface area (Å²) in [6.45, 7) is 8.17. The van der Waals surface area contributed by atoms with E-state index in [9.17, 15) is 9.59 Å². The first-order valence-corrected chi connectivity index (χ1v) is 9.54. The molecule has 0 saturated heterocycles. The molecule has 0 aliphatic heterocycles. The molecule has 2 rings (SSSR count). The molecule has 1 saturated carbocycles. The van der Waals surface area contributed by atoms with Gasteiger partial charge in [-0.3, -0.25) is 9.59 Å². The molecular weight excluding hydrogens is 312 g/mol. The van der Waals surface area contributed by atoms with Crippen LogP contribution in [0.25, 0.3) is 0 Å². The van der Waals surface area contributed by atoms with E-state index in [2.05, 4.69) is 30.5 Å². The average Bonchev–Trinajstić information content (AvgIpc) is 2.53. The standard InChI is InChI=1S/C21H32N2O2/c1-14(2)10-19(23-20(24)17-8-6-5-7-9-17)21(25)22-18-12-15(3)11-16(4)13-18/h11-14,17,19H,5-10H2,1-4H3,(H,22,25)(H,23,24)/t19-/m1/s1. The van der Waals surface area contributed by atoms with Gasteiger partial charge < -0.3 is 10.6 Å². The summed E-state index contributed by atoms with van der Waals surface area (Å²) in [7, 11) is 0. The van der Waals surface area contributed by atoms with E-state index in [1.54, 1.807) is 0 Å². The van der Waals surface area contributed by atoms with Crippen LogP contribution in [0.4, 0.5) is 5.69 Å². The zero-order valence-corrected chi connectivity index (χ0v) is 16.0. The number of rotatable bonds is 6. The van der Waals surface area contributed by atoms with E-state index in [1.165, 1.54) is 6.42 Å². The Morgan fingerprint density at radius 1 is 1.04 bits per heavy atom. The zero-order valence-electron chi connectivity index (χ0n) is 16.0. The van der Waals surface area contributed by atoms with Crippen LogP contribution in [0.5, 0.6) is 0 Å². The van der Waals surface area contributed by atoms with Crippen LogP contribution in [0.2, 0.25) is 0 Å². The van der Waals surface area contributed by atoms with Crippen LogP contribution in [0.3, 0.4) is 0 Å². The lowest BCUT2D eigenvalue weighted by Crippen LogP contribution is -2.47. The van der Waals surface area contributed by atoms with Gasteiger partial charge in [-0.15, -0.1) is 0 Å². The highest BCUT2D eigenvalue weighted by molar-refractivity contribution is 5.97. The van der Waals surface area contributed by atoms with Gasteiger partial charge in [0.1, 0.15) is 6.04 Å². The second kappa shape index (κ2) is 9.02. The molecule has 1 aliphatic rings. The van der Waals surface area contributed by atoms with Crippen molar-refractivity contribution in [2.45, 2.75) is 72.3 Å². The van der Waals surface area contributed by atoms with Crippen molar-refractivity contribution in [1.82, 2.24) is 5.32 Å². The minimum atomic E-state index is -0.477. The highest BCUT2D eigenvalue weighted by Gasteiger charge is 2.27. The van der Waals surface area contributed by atoms with Crippen molar-refractivity contribution < 1.29 is 9.59 Å². The molecule has 1 fully saturated rings. The van der Waals surface area contributed by atoms with Crippen molar-refractivity contribution in [1.29, 1.82) is 0 Å². The van der Waals surface area contributed by atoms with E-state index in [0.29, 0.717) is 12.3 Å². The van der Waals surface area contributed by atoms with Gasteiger partial charge in [-0.2, -0.15) is 0 Å². The molecule has 4 heteroatoms. The van der Waals surface area contributed by atoms with Crippen LogP contribution in [0.1, 0.15) is 63.5 Å². The molecule has 2 amide bonds. The van der Waals surface area contributed by atoms with Crippen LogP contribution >= 0.6 is 0 Å². The summed E-state index contributed by atoms with van der Waals surface area (Å²) >= 11 is 0. The first-order valence-electron chi connectivity index (χ1n) is 9.54. The Morgan fingerprint density at radius 3 is 2.20 bits per heavy atom. The van der Waals surface area contributed by atoms with Gasteiger partial charge in [-0.1, -0.05) is 39.2 Å². The molecule has 0 heterocycles. The molecule has 4 nitrogen and oxygen atoms in total. The smallest absolute Gasteiger partial charge is 0.246 e. The van der Waals surface area contributed by atoms with Gasteiger partial charge in [-0.05, 0) is 62.3 Å². The monoisotopic (exact) mass is 344 g/mol. The highest BCUT2D eigenvalue weighted by atomic mass is 16.2. The molecule has 138 valence electrons. The second-order valence-electron chi connectivity index (χ2n) is 7.89. The first-order chi connectivity index (χ1) is 11.8. The highest BCUT2D eigenvalue weighted by Crippen LogP contribution is 2.24. The molecular formula is C21H32N2O2. The van der Waals surface area contributed by atoms with Crippen molar-refractivity contribution in [2.24, 2.45) is 11.8 Å². The van der Waals surface area contributed by atoms with Crippen molar-refractivity contribution in [3.8, 4) is 0 Å². The Bertz CT molecular complexity index is 584. The summed E-state index contributed by atoms with van der Waals surface area (Å²) in [5.74, 6) is 0.322. The topological polar surface area (TPSA) is 58.2 Å². The Hall–Kier alpha value is -1.84. The lowest BCUT2D eigenvalue weighted by molar-refractivity contribution is -0.130. The fourth-order valence-electron chi connectivity index (χ4n) is 3.63. The van der Waals surface area contributed by atoms with E-state index in [-0.39, 0.29) is 17.7 Å². The lowest BCUT2D eigenvalue weighted by atomic mass is 9.88. The van der Waals surface area contributed by atoms with E-state index in [0.717, 1.165) is 42.5 Å². The molecule has 0 bridgehead atoms. The van der Waals surface area contributed by atoms with E-state index < -0.39 is 6.04 Å². The molecule has 1 aromatic rings. The molecule has 0 unspecified atom stereocenters. The maximum absolute atomic E-state index is 12.8. The molecule has 1 aliphatic carbocycles. The Labute approximate surface area is 151 Å². The van der Waals surface area contributed by atoms with Gasteiger partial charge in [0.15, 0.2) is 0 Å². The van der Waals surface area contributed by atoms with Crippen molar-refractivity contribution >= 4 is 17.5 Å². The zero-order chi connectivity index (χ0) is 18.4. The molecule has 0 aromatic heterocycles. The maximum atomic E-state index is 12.8. The Kier molecular flexibility index (Phi) is 7.03. The largest absolute Gasteiger partial charge is 0.344 e. The summed E-state index contributed by atoms with van der Waals surface area (Å²) in [6.07, 6.45) is 5.97. The third-order valence-electron chi connectivity index (χ3n) is 4.81. The van der Waals surface area contributed by atoms with Crippen LogP contribution < -0.4 is 10.6 Å². The van der Waals surface area contributed by atoms with Gasteiger partial charge in [0.2, 0.25) is 11.8 Å². The minimum Gasteiger partial charge on any atom is -0.344 e. The van der Waals surface area contributed by atoms with Crippen LogP contribution in [0, 0.1) is 25.7 Å². The number of carbonyl (C=O) groups is 2. The maximum Gasteiger partial charge on any atom is 0.246 e. The summed E-state index contributed by atoms with van der Waals surface area (Å²) < 4.78 is 0. The number of benzene rings is 1. The molecule has 0 spiro atoms. The third-order valence-corrected chi connectivity index (χ3v) is 4.81. The van der Waals surface area contributed by atoms with Crippen molar-refractivity contribution in [3.63, 3.8) is 0 Å². The molecule has 1 atom stereocenters. The average molecular weight is 344 g/mol. The third kappa shape index (κ3) is 6.18. The SMILES string of the molecule is Cc1cc(C)cc(NC(=O)[C@@H](CC(C)C)NC(=O)C2CCCCC2)c1. The normalized spacial score (nSPS) is 16.5. The van der Waals surface area contributed by atoms with Gasteiger partial charge >= 0.3 is 0 Å². The fourth-order valence-corrected chi connectivity index (χ4v) is 3.63. The Balaban J connectivity index is 2.04. The van der Waals surface area contributed by atoms with Crippen LogP contribution in [-0.4, -0.2) is 17.9 Å². The number of nitrogens with one attached hydrogen (secondary N) is 2. The van der Waals surface area contributed by atoms with Crippen molar-refractivity contribution in [3.05, 3.63) is 29.3 Å². The number of carbonyl (C=O) groups excluding carboxylic acids is 2. The second-order valence-corrected chi connectivity index (χ2v) is 7.89. The predicted molar refractivity (Wildman–Crippen MR) is 103 cm³/mol. The fraction of sp³-hybridized carbons (Fsp3) is 0.619. The predicted octanol–water partition coefficient (Wildman–Crippen LogP) is 4.35. The molecule has 0 radical (unpaired) electrons. The van der Waals surface area contributed by atoms with Gasteiger partial charge in [0.25, 0.3) is 0 Å². The molecule has 25 heavy (non-hydrogen) atoms. The minimum absolute atomic E-state index is 0.0425.